The molecule has 4 rings (SSSR count). The molecule has 1 aliphatic heterocycles. The molecule has 2 aromatic carbocycles. The van der Waals surface area contributed by atoms with Crippen LogP contribution in [0.2, 0.25) is 5.02 Å². The number of amides is 1. The number of anilines is 3. The van der Waals surface area contributed by atoms with Gasteiger partial charge < -0.3 is 19.9 Å². The summed E-state index contributed by atoms with van der Waals surface area (Å²) in [6.07, 6.45) is 4.93. The lowest BCUT2D eigenvalue weighted by Gasteiger charge is -2.29. The standard InChI is InChI=1S/C24H25ClFN5O2/c1-3-30(4-2)9-5-6-23(32)31-10-11-33-22-14-20-17(13-21(22)31)24(28-15-27-20)29-16-7-8-19(26)18(25)12-16/h5-8,12-15H,3-4,9-11H2,1-2H3,(H,27,28,29)/b6-5+. The van der Waals surface area contributed by atoms with Gasteiger partial charge in [0, 0.05) is 29.8 Å². The zero-order valence-corrected chi connectivity index (χ0v) is 19.3. The van der Waals surface area contributed by atoms with E-state index >= 15 is 0 Å². The molecule has 7 nitrogen and oxygen atoms in total. The topological polar surface area (TPSA) is 70.6 Å². The molecule has 3 aromatic rings. The van der Waals surface area contributed by atoms with E-state index in [1.807, 2.05) is 12.1 Å². The van der Waals surface area contributed by atoms with Crippen molar-refractivity contribution in [1.29, 1.82) is 0 Å². The Balaban J connectivity index is 1.65. The quantitative estimate of drug-likeness (QED) is 0.502. The highest BCUT2D eigenvalue weighted by molar-refractivity contribution is 6.31. The van der Waals surface area contributed by atoms with Crippen molar-refractivity contribution in [2.45, 2.75) is 13.8 Å². The van der Waals surface area contributed by atoms with Gasteiger partial charge in [0.25, 0.3) is 5.91 Å². The Labute approximate surface area is 196 Å². The Morgan fingerprint density at radius 3 is 2.85 bits per heavy atom. The van der Waals surface area contributed by atoms with Crippen molar-refractivity contribution in [3.63, 3.8) is 0 Å². The summed E-state index contributed by atoms with van der Waals surface area (Å²) >= 11 is 5.91. The van der Waals surface area contributed by atoms with Crippen molar-refractivity contribution in [1.82, 2.24) is 14.9 Å². The van der Waals surface area contributed by atoms with Crippen LogP contribution in [0.25, 0.3) is 10.9 Å². The molecule has 0 atom stereocenters. The number of nitrogens with zero attached hydrogens (tertiary/aromatic N) is 4. The maximum Gasteiger partial charge on any atom is 0.250 e. The first kappa shape index (κ1) is 22.9. The Morgan fingerprint density at radius 1 is 1.27 bits per heavy atom. The first-order valence-corrected chi connectivity index (χ1v) is 11.2. The summed E-state index contributed by atoms with van der Waals surface area (Å²) in [5.41, 5.74) is 1.90. The van der Waals surface area contributed by atoms with Crippen LogP contribution in [0.15, 0.2) is 48.8 Å². The smallest absolute Gasteiger partial charge is 0.250 e. The van der Waals surface area contributed by atoms with E-state index in [0.29, 0.717) is 47.0 Å². The van der Waals surface area contributed by atoms with Crippen LogP contribution in [0.4, 0.5) is 21.6 Å². The van der Waals surface area contributed by atoms with E-state index in [0.717, 1.165) is 19.6 Å². The fourth-order valence-electron chi connectivity index (χ4n) is 3.68. The first-order valence-electron chi connectivity index (χ1n) is 10.8. The SMILES string of the molecule is CCN(CC)C/C=C/C(=O)N1CCOc2cc3ncnc(Nc4ccc(F)c(Cl)c4)c3cc21. The van der Waals surface area contributed by atoms with E-state index in [1.165, 1.54) is 18.5 Å². The molecule has 0 aliphatic carbocycles. The summed E-state index contributed by atoms with van der Waals surface area (Å²) in [6.45, 7) is 7.60. The minimum absolute atomic E-state index is 0.0115. The number of rotatable bonds is 7. The molecular weight excluding hydrogens is 445 g/mol. The summed E-state index contributed by atoms with van der Waals surface area (Å²) < 4.78 is 19.3. The third-order valence-electron chi connectivity index (χ3n) is 5.55. The van der Waals surface area contributed by atoms with Crippen molar-refractivity contribution in [2.75, 3.05) is 43.0 Å². The summed E-state index contributed by atoms with van der Waals surface area (Å²) in [5.74, 6) is 0.501. The van der Waals surface area contributed by atoms with E-state index in [4.69, 9.17) is 16.3 Å². The fourth-order valence-corrected chi connectivity index (χ4v) is 3.86. The van der Waals surface area contributed by atoms with Crippen molar-refractivity contribution >= 4 is 45.6 Å². The Morgan fingerprint density at radius 2 is 2.09 bits per heavy atom. The van der Waals surface area contributed by atoms with E-state index < -0.39 is 5.82 Å². The van der Waals surface area contributed by atoms with Crippen LogP contribution in [-0.4, -0.2) is 53.6 Å². The van der Waals surface area contributed by atoms with E-state index in [2.05, 4.69) is 34.0 Å². The number of halogens is 2. The highest BCUT2D eigenvalue weighted by Crippen LogP contribution is 2.37. The molecule has 0 unspecified atom stereocenters. The average Bonchev–Trinajstić information content (AvgIpc) is 2.82. The first-order chi connectivity index (χ1) is 16.0. The van der Waals surface area contributed by atoms with Crippen molar-refractivity contribution in [2.24, 2.45) is 0 Å². The number of hydrogen-bond donors (Lipinski definition) is 1. The second kappa shape index (κ2) is 10.1. The Bertz CT molecular complexity index is 1200. The van der Waals surface area contributed by atoms with Crippen LogP contribution < -0.4 is 15.0 Å². The molecule has 1 aliphatic rings. The number of ether oxygens (including phenoxy) is 1. The fraction of sp³-hybridized carbons (Fsp3) is 0.292. The molecule has 172 valence electrons. The molecule has 2 heterocycles. The summed E-state index contributed by atoms with van der Waals surface area (Å²) in [4.78, 5) is 25.6. The van der Waals surface area contributed by atoms with Gasteiger partial charge in [-0.2, -0.15) is 0 Å². The monoisotopic (exact) mass is 469 g/mol. The minimum atomic E-state index is -0.496. The minimum Gasteiger partial charge on any atom is -0.489 e. The van der Waals surface area contributed by atoms with Gasteiger partial charge in [-0.15, -0.1) is 0 Å². The predicted molar refractivity (Wildman–Crippen MR) is 129 cm³/mol. The molecule has 0 saturated heterocycles. The van der Waals surface area contributed by atoms with Crippen LogP contribution in [0, 0.1) is 5.82 Å². The lowest BCUT2D eigenvalue weighted by molar-refractivity contribution is -0.114. The van der Waals surface area contributed by atoms with Gasteiger partial charge in [-0.3, -0.25) is 4.79 Å². The van der Waals surface area contributed by atoms with E-state index in [9.17, 15) is 9.18 Å². The highest BCUT2D eigenvalue weighted by atomic mass is 35.5. The van der Waals surface area contributed by atoms with Gasteiger partial charge >= 0.3 is 0 Å². The maximum atomic E-state index is 13.5. The van der Waals surface area contributed by atoms with Crippen LogP contribution in [-0.2, 0) is 4.79 Å². The molecule has 1 amide bonds. The molecule has 0 saturated carbocycles. The third kappa shape index (κ3) is 5.07. The van der Waals surface area contributed by atoms with Crippen LogP contribution >= 0.6 is 11.6 Å². The summed E-state index contributed by atoms with van der Waals surface area (Å²) in [5, 5.41) is 3.87. The van der Waals surface area contributed by atoms with Crippen molar-refractivity contribution < 1.29 is 13.9 Å². The van der Waals surface area contributed by atoms with Gasteiger partial charge in [-0.1, -0.05) is 31.5 Å². The number of likely N-dealkylation sites (N-methyl/N-ethyl adjacent to an activating group) is 1. The lowest BCUT2D eigenvalue weighted by atomic mass is 10.1. The van der Waals surface area contributed by atoms with Gasteiger partial charge in [0.15, 0.2) is 0 Å². The third-order valence-corrected chi connectivity index (χ3v) is 5.84. The molecule has 9 heteroatoms. The molecule has 0 radical (unpaired) electrons. The maximum absolute atomic E-state index is 13.5. The average molecular weight is 470 g/mol. The van der Waals surface area contributed by atoms with Gasteiger partial charge in [0.2, 0.25) is 0 Å². The Hall–Kier alpha value is -3.23. The number of benzene rings is 2. The molecular formula is C24H25ClFN5O2. The van der Waals surface area contributed by atoms with Crippen LogP contribution in [0.1, 0.15) is 13.8 Å². The number of hydrogen-bond acceptors (Lipinski definition) is 6. The van der Waals surface area contributed by atoms with Crippen molar-refractivity contribution in [3.05, 3.63) is 59.7 Å². The number of fused-ring (bicyclic) bond motifs is 2. The number of nitrogens with one attached hydrogen (secondary N) is 1. The highest BCUT2D eigenvalue weighted by Gasteiger charge is 2.24. The van der Waals surface area contributed by atoms with Crippen molar-refractivity contribution in [3.8, 4) is 5.75 Å². The summed E-state index contributed by atoms with van der Waals surface area (Å²) in [6, 6.07) is 7.99. The lowest BCUT2D eigenvalue weighted by Crippen LogP contribution is -2.37. The molecule has 33 heavy (non-hydrogen) atoms. The zero-order chi connectivity index (χ0) is 23.4. The molecule has 0 fully saturated rings. The number of aromatic nitrogens is 2. The van der Waals surface area contributed by atoms with Gasteiger partial charge in [-0.25, -0.2) is 14.4 Å². The second-order valence-corrected chi connectivity index (χ2v) is 7.95. The van der Waals surface area contributed by atoms with Gasteiger partial charge in [-0.05, 0) is 37.4 Å². The molecule has 1 N–H and O–H groups in total. The second-order valence-electron chi connectivity index (χ2n) is 7.54. The zero-order valence-electron chi connectivity index (χ0n) is 18.5. The normalized spacial score (nSPS) is 13.4. The van der Waals surface area contributed by atoms with E-state index in [1.54, 1.807) is 23.1 Å². The molecule has 0 bridgehead atoms. The number of carbonyl (C=O) groups excluding carboxylic acids is 1. The number of carbonyl (C=O) groups is 1. The van der Waals surface area contributed by atoms with Gasteiger partial charge in [0.1, 0.15) is 30.3 Å². The van der Waals surface area contributed by atoms with Crippen LogP contribution in [0.3, 0.4) is 0 Å². The van der Waals surface area contributed by atoms with Gasteiger partial charge in [0.05, 0.1) is 22.8 Å². The van der Waals surface area contributed by atoms with Crippen LogP contribution in [0.5, 0.6) is 5.75 Å². The van der Waals surface area contributed by atoms with E-state index in [-0.39, 0.29) is 10.9 Å². The molecule has 0 spiro atoms. The molecule has 1 aromatic heterocycles. The Kier molecular flexibility index (Phi) is 7.05. The largest absolute Gasteiger partial charge is 0.489 e. The predicted octanol–water partition coefficient (Wildman–Crippen LogP) is 4.79. The summed E-state index contributed by atoms with van der Waals surface area (Å²) in [7, 11) is 0.